The standard InChI is InChI=1S/C13H21N3O/c1-10-7-13(15-17-10)9-16-6-2-3-12(8-16)14-11-4-5-11/h7,11-12,14H,2-6,8-9H2,1H3. The van der Waals surface area contributed by atoms with Crippen LogP contribution in [0.5, 0.6) is 0 Å². The van der Waals surface area contributed by atoms with Gasteiger partial charge in [0.25, 0.3) is 0 Å². The summed E-state index contributed by atoms with van der Waals surface area (Å²) in [6, 6.07) is 3.54. The summed E-state index contributed by atoms with van der Waals surface area (Å²) in [6.45, 7) is 5.22. The van der Waals surface area contributed by atoms with Crippen LogP contribution < -0.4 is 5.32 Å². The third-order valence-corrected chi connectivity index (χ3v) is 3.62. The van der Waals surface area contributed by atoms with Crippen LogP contribution in [0.1, 0.15) is 37.1 Å². The number of rotatable bonds is 4. The largest absolute Gasteiger partial charge is 0.361 e. The van der Waals surface area contributed by atoms with Crippen LogP contribution in [0.2, 0.25) is 0 Å². The van der Waals surface area contributed by atoms with Crippen molar-refractivity contribution < 1.29 is 4.52 Å². The van der Waals surface area contributed by atoms with Gasteiger partial charge in [-0.25, -0.2) is 0 Å². The molecular formula is C13H21N3O. The Morgan fingerprint density at radius 2 is 2.29 bits per heavy atom. The zero-order chi connectivity index (χ0) is 11.7. The number of likely N-dealkylation sites (tertiary alicyclic amines) is 1. The molecule has 1 saturated heterocycles. The monoisotopic (exact) mass is 235 g/mol. The summed E-state index contributed by atoms with van der Waals surface area (Å²) in [7, 11) is 0. The number of aromatic nitrogens is 1. The van der Waals surface area contributed by atoms with Crippen molar-refractivity contribution in [3.63, 3.8) is 0 Å². The lowest BCUT2D eigenvalue weighted by molar-refractivity contribution is 0.178. The van der Waals surface area contributed by atoms with Crippen LogP contribution in [0.25, 0.3) is 0 Å². The molecule has 4 heteroatoms. The molecule has 0 bridgehead atoms. The summed E-state index contributed by atoms with van der Waals surface area (Å²) in [6.07, 6.45) is 5.37. The maximum Gasteiger partial charge on any atom is 0.133 e. The Labute approximate surface area is 102 Å². The molecule has 0 spiro atoms. The highest BCUT2D eigenvalue weighted by Gasteiger charge is 2.27. The first kappa shape index (κ1) is 11.2. The Bertz CT molecular complexity index is 372. The molecule has 3 rings (SSSR count). The van der Waals surface area contributed by atoms with Crippen molar-refractivity contribution in [2.75, 3.05) is 13.1 Å². The lowest BCUT2D eigenvalue weighted by Gasteiger charge is -2.32. The Hall–Kier alpha value is -0.870. The average molecular weight is 235 g/mol. The van der Waals surface area contributed by atoms with Gasteiger partial charge < -0.3 is 9.84 Å². The molecule has 94 valence electrons. The lowest BCUT2D eigenvalue weighted by Crippen LogP contribution is -2.46. The molecule has 1 atom stereocenters. The Kier molecular flexibility index (Phi) is 3.16. The summed E-state index contributed by atoms with van der Waals surface area (Å²) < 4.78 is 5.12. The molecule has 1 unspecified atom stereocenters. The molecule has 1 saturated carbocycles. The quantitative estimate of drug-likeness (QED) is 0.862. The van der Waals surface area contributed by atoms with Gasteiger partial charge in [0.2, 0.25) is 0 Å². The van der Waals surface area contributed by atoms with Crippen molar-refractivity contribution in [2.45, 2.75) is 51.2 Å². The third-order valence-electron chi connectivity index (χ3n) is 3.62. The molecule has 2 fully saturated rings. The molecule has 1 aromatic rings. The second-order valence-corrected chi connectivity index (χ2v) is 5.44. The van der Waals surface area contributed by atoms with Crippen molar-refractivity contribution in [2.24, 2.45) is 0 Å². The van der Waals surface area contributed by atoms with Crippen molar-refractivity contribution in [1.82, 2.24) is 15.4 Å². The maximum atomic E-state index is 5.12. The van der Waals surface area contributed by atoms with Crippen molar-refractivity contribution in [3.8, 4) is 0 Å². The summed E-state index contributed by atoms with van der Waals surface area (Å²) in [5, 5.41) is 7.80. The molecule has 0 aromatic carbocycles. The zero-order valence-electron chi connectivity index (χ0n) is 10.5. The van der Waals surface area contributed by atoms with E-state index in [1.165, 1.54) is 32.2 Å². The van der Waals surface area contributed by atoms with Gasteiger partial charge in [0.1, 0.15) is 5.76 Å². The van der Waals surface area contributed by atoms with Crippen LogP contribution in [-0.2, 0) is 6.54 Å². The lowest BCUT2D eigenvalue weighted by atomic mass is 10.1. The zero-order valence-corrected chi connectivity index (χ0v) is 10.5. The van der Waals surface area contributed by atoms with E-state index in [1.807, 2.05) is 13.0 Å². The fourth-order valence-electron chi connectivity index (χ4n) is 2.64. The Balaban J connectivity index is 1.52. The van der Waals surface area contributed by atoms with Crippen LogP contribution in [0.15, 0.2) is 10.6 Å². The van der Waals surface area contributed by atoms with Crippen LogP contribution in [0, 0.1) is 6.92 Å². The summed E-state index contributed by atoms with van der Waals surface area (Å²) in [4.78, 5) is 2.49. The highest BCUT2D eigenvalue weighted by molar-refractivity contribution is 5.03. The van der Waals surface area contributed by atoms with Gasteiger partial charge in [-0.05, 0) is 39.2 Å². The third kappa shape index (κ3) is 3.07. The first-order valence-corrected chi connectivity index (χ1v) is 6.70. The second-order valence-electron chi connectivity index (χ2n) is 5.44. The van der Waals surface area contributed by atoms with Crippen molar-refractivity contribution in [3.05, 3.63) is 17.5 Å². The molecule has 2 aliphatic rings. The van der Waals surface area contributed by atoms with E-state index in [0.29, 0.717) is 6.04 Å². The Morgan fingerprint density at radius 1 is 1.41 bits per heavy atom. The smallest absolute Gasteiger partial charge is 0.133 e. The number of piperidine rings is 1. The van der Waals surface area contributed by atoms with Gasteiger partial charge in [-0.2, -0.15) is 0 Å². The minimum Gasteiger partial charge on any atom is -0.361 e. The van der Waals surface area contributed by atoms with E-state index in [9.17, 15) is 0 Å². The molecule has 0 amide bonds. The van der Waals surface area contributed by atoms with Crippen LogP contribution in [0.4, 0.5) is 0 Å². The van der Waals surface area contributed by atoms with Gasteiger partial charge in [0.05, 0.1) is 5.69 Å². The van der Waals surface area contributed by atoms with E-state index in [0.717, 1.165) is 30.6 Å². The second kappa shape index (κ2) is 4.78. The van der Waals surface area contributed by atoms with Crippen LogP contribution in [0.3, 0.4) is 0 Å². The van der Waals surface area contributed by atoms with Crippen LogP contribution >= 0.6 is 0 Å². The molecule has 1 aromatic heterocycles. The van der Waals surface area contributed by atoms with Gasteiger partial charge in [0.15, 0.2) is 0 Å². The normalized spacial score (nSPS) is 26.3. The molecule has 0 radical (unpaired) electrons. The van der Waals surface area contributed by atoms with E-state index in [-0.39, 0.29) is 0 Å². The minimum absolute atomic E-state index is 0.684. The SMILES string of the molecule is Cc1cc(CN2CCCC(NC3CC3)C2)no1. The molecule has 17 heavy (non-hydrogen) atoms. The summed E-state index contributed by atoms with van der Waals surface area (Å²) in [5.74, 6) is 0.907. The molecular weight excluding hydrogens is 214 g/mol. The number of hydrogen-bond acceptors (Lipinski definition) is 4. The summed E-state index contributed by atoms with van der Waals surface area (Å²) >= 11 is 0. The van der Waals surface area contributed by atoms with E-state index >= 15 is 0 Å². The number of hydrogen-bond donors (Lipinski definition) is 1. The predicted octanol–water partition coefficient (Wildman–Crippen LogP) is 1.70. The highest BCUT2D eigenvalue weighted by atomic mass is 16.5. The number of nitrogens with zero attached hydrogens (tertiary/aromatic N) is 2. The fourth-order valence-corrected chi connectivity index (χ4v) is 2.64. The predicted molar refractivity (Wildman–Crippen MR) is 65.7 cm³/mol. The van der Waals surface area contributed by atoms with Crippen LogP contribution in [-0.4, -0.2) is 35.2 Å². The molecule has 1 N–H and O–H groups in total. The first-order chi connectivity index (χ1) is 8.29. The minimum atomic E-state index is 0.684. The maximum absolute atomic E-state index is 5.12. The van der Waals surface area contributed by atoms with E-state index in [1.54, 1.807) is 0 Å². The Morgan fingerprint density at radius 3 is 3.00 bits per heavy atom. The fraction of sp³-hybridized carbons (Fsp3) is 0.769. The van der Waals surface area contributed by atoms with E-state index in [4.69, 9.17) is 4.52 Å². The highest BCUT2D eigenvalue weighted by Crippen LogP contribution is 2.22. The number of nitrogens with one attached hydrogen (secondary N) is 1. The van der Waals surface area contributed by atoms with E-state index in [2.05, 4.69) is 15.4 Å². The molecule has 4 nitrogen and oxygen atoms in total. The van der Waals surface area contributed by atoms with Crippen molar-refractivity contribution in [1.29, 1.82) is 0 Å². The van der Waals surface area contributed by atoms with Gasteiger partial charge in [-0.15, -0.1) is 0 Å². The van der Waals surface area contributed by atoms with Gasteiger partial charge in [-0.1, -0.05) is 5.16 Å². The van der Waals surface area contributed by atoms with Crippen molar-refractivity contribution >= 4 is 0 Å². The average Bonchev–Trinajstić information content (AvgIpc) is 3.02. The van der Waals surface area contributed by atoms with Gasteiger partial charge in [0, 0.05) is 31.2 Å². The molecule has 2 heterocycles. The topological polar surface area (TPSA) is 41.3 Å². The molecule has 1 aliphatic heterocycles. The summed E-state index contributed by atoms with van der Waals surface area (Å²) in [5.41, 5.74) is 1.06. The van der Waals surface area contributed by atoms with E-state index < -0.39 is 0 Å². The first-order valence-electron chi connectivity index (χ1n) is 6.70. The van der Waals surface area contributed by atoms with Gasteiger partial charge in [-0.3, -0.25) is 4.90 Å². The molecule has 1 aliphatic carbocycles. The van der Waals surface area contributed by atoms with Gasteiger partial charge >= 0.3 is 0 Å². The number of aryl methyl sites for hydroxylation is 1.